The topological polar surface area (TPSA) is 55.3 Å². The fourth-order valence-electron chi connectivity index (χ4n) is 1.65. The number of hydrogen-bond donors (Lipinski definition) is 2. The summed E-state index contributed by atoms with van der Waals surface area (Å²) >= 11 is 12.0. The largest absolute Gasteiger partial charge is 0.488 e. The van der Waals surface area contributed by atoms with Crippen molar-refractivity contribution in [3.8, 4) is 5.75 Å². The summed E-state index contributed by atoms with van der Waals surface area (Å²) in [7, 11) is 0. The third-order valence-electron chi connectivity index (χ3n) is 2.68. The summed E-state index contributed by atoms with van der Waals surface area (Å²) in [5, 5.41) is 12.8. The zero-order valence-corrected chi connectivity index (χ0v) is 13.2. The fourth-order valence-corrected chi connectivity index (χ4v) is 2.16. The average Bonchev–Trinajstić information content (AvgIpc) is 2.42. The fraction of sp³-hybridized carbons (Fsp3) is 0.571. The third kappa shape index (κ3) is 6.77. The third-order valence-corrected chi connectivity index (χ3v) is 3.27. The Kier molecular flexibility index (Phi) is 8.98. The molecule has 0 amide bonds. The summed E-state index contributed by atoms with van der Waals surface area (Å²) in [5.74, 6) is 0.422. The Hall–Kier alpha value is -0.520. The zero-order chi connectivity index (χ0) is 14.8. The van der Waals surface area contributed by atoms with Crippen molar-refractivity contribution in [3.63, 3.8) is 0 Å². The van der Waals surface area contributed by atoms with E-state index < -0.39 is 6.10 Å². The van der Waals surface area contributed by atoms with Gasteiger partial charge < -0.3 is 19.9 Å². The number of ether oxygens (including phenoxy) is 2. The van der Waals surface area contributed by atoms with Crippen LogP contribution in [0.1, 0.15) is 13.3 Å². The summed E-state index contributed by atoms with van der Waals surface area (Å²) < 4.78 is 10.7. The Morgan fingerprint density at radius 2 is 2.00 bits per heavy atom. The lowest BCUT2D eigenvalue weighted by molar-refractivity contribution is -0.661. The molecule has 0 spiro atoms. The van der Waals surface area contributed by atoms with E-state index in [4.69, 9.17) is 32.7 Å². The van der Waals surface area contributed by atoms with Gasteiger partial charge in [0.1, 0.15) is 19.3 Å². The van der Waals surface area contributed by atoms with Gasteiger partial charge in [-0.3, -0.25) is 0 Å². The molecule has 1 aromatic rings. The lowest BCUT2D eigenvalue weighted by Crippen LogP contribution is -2.86. The van der Waals surface area contributed by atoms with Crippen molar-refractivity contribution in [3.05, 3.63) is 28.2 Å². The van der Waals surface area contributed by atoms with Crippen molar-refractivity contribution in [2.75, 3.05) is 32.9 Å². The van der Waals surface area contributed by atoms with Crippen LogP contribution in [0.3, 0.4) is 0 Å². The number of nitrogens with two attached hydrogens (primary N) is 1. The first-order valence-corrected chi connectivity index (χ1v) is 7.55. The SMILES string of the molecule is CCOCCC[NH2+]C[C@H](O)COc1c(Cl)cccc1Cl. The first-order valence-electron chi connectivity index (χ1n) is 6.79. The molecule has 0 fully saturated rings. The lowest BCUT2D eigenvalue weighted by Gasteiger charge is -2.13. The smallest absolute Gasteiger partial charge is 0.156 e. The highest BCUT2D eigenvalue weighted by molar-refractivity contribution is 6.37. The van der Waals surface area contributed by atoms with E-state index in [1.807, 2.05) is 12.2 Å². The minimum Gasteiger partial charge on any atom is -0.488 e. The predicted octanol–water partition coefficient (Wildman–Crippen LogP) is 1.72. The summed E-state index contributed by atoms with van der Waals surface area (Å²) in [5.41, 5.74) is 0. The highest BCUT2D eigenvalue weighted by Gasteiger charge is 2.11. The quantitative estimate of drug-likeness (QED) is 0.645. The van der Waals surface area contributed by atoms with Crippen molar-refractivity contribution in [1.82, 2.24) is 0 Å². The molecule has 0 radical (unpaired) electrons. The van der Waals surface area contributed by atoms with Gasteiger partial charge in [0.2, 0.25) is 0 Å². The molecule has 0 bridgehead atoms. The molecule has 0 saturated heterocycles. The van der Waals surface area contributed by atoms with Crippen LogP contribution < -0.4 is 10.1 Å². The first kappa shape index (κ1) is 17.5. The van der Waals surface area contributed by atoms with Gasteiger partial charge in [-0.1, -0.05) is 29.3 Å². The second-order valence-corrected chi connectivity index (χ2v) is 5.19. The van der Waals surface area contributed by atoms with Gasteiger partial charge in [-0.05, 0) is 19.1 Å². The Morgan fingerprint density at radius 3 is 2.65 bits per heavy atom. The molecule has 114 valence electrons. The molecule has 0 aliphatic rings. The van der Waals surface area contributed by atoms with Gasteiger partial charge in [0.15, 0.2) is 5.75 Å². The molecule has 0 aliphatic carbocycles. The summed E-state index contributed by atoms with van der Waals surface area (Å²) in [6.07, 6.45) is 0.409. The molecule has 20 heavy (non-hydrogen) atoms. The molecular formula is C14H22Cl2NO3+. The minimum atomic E-state index is -0.561. The van der Waals surface area contributed by atoms with Gasteiger partial charge in [-0.25, -0.2) is 0 Å². The maximum atomic E-state index is 9.82. The van der Waals surface area contributed by atoms with E-state index in [0.717, 1.165) is 26.2 Å². The van der Waals surface area contributed by atoms with Crippen molar-refractivity contribution < 1.29 is 19.9 Å². The van der Waals surface area contributed by atoms with Crippen LogP contribution in [-0.2, 0) is 4.74 Å². The molecule has 1 aromatic carbocycles. The lowest BCUT2D eigenvalue weighted by atomic mass is 10.3. The molecule has 4 nitrogen and oxygen atoms in total. The Bertz CT molecular complexity index is 370. The van der Waals surface area contributed by atoms with Crippen LogP contribution in [0.5, 0.6) is 5.75 Å². The maximum absolute atomic E-state index is 9.82. The first-order chi connectivity index (χ1) is 9.65. The van der Waals surface area contributed by atoms with Crippen LogP contribution in [0, 0.1) is 0 Å². The number of hydrogen-bond acceptors (Lipinski definition) is 3. The number of rotatable bonds is 10. The van der Waals surface area contributed by atoms with E-state index in [9.17, 15) is 5.11 Å². The predicted molar refractivity (Wildman–Crippen MR) is 80.7 cm³/mol. The number of halogens is 2. The molecule has 0 unspecified atom stereocenters. The Balaban J connectivity index is 2.18. The van der Waals surface area contributed by atoms with E-state index in [1.165, 1.54) is 0 Å². The van der Waals surface area contributed by atoms with Gasteiger partial charge >= 0.3 is 0 Å². The van der Waals surface area contributed by atoms with Gasteiger partial charge in [0.05, 0.1) is 23.2 Å². The summed E-state index contributed by atoms with van der Waals surface area (Å²) in [6, 6.07) is 5.16. The molecule has 0 saturated carbocycles. The molecule has 1 rings (SSSR count). The van der Waals surface area contributed by atoms with Crippen LogP contribution in [-0.4, -0.2) is 44.1 Å². The summed E-state index contributed by atoms with van der Waals surface area (Å²) in [6.45, 7) is 5.15. The molecule has 1 atom stereocenters. The van der Waals surface area contributed by atoms with Crippen molar-refractivity contribution in [2.24, 2.45) is 0 Å². The second kappa shape index (κ2) is 10.2. The highest BCUT2D eigenvalue weighted by atomic mass is 35.5. The maximum Gasteiger partial charge on any atom is 0.156 e. The van der Waals surface area contributed by atoms with Crippen LogP contribution in [0.2, 0.25) is 10.0 Å². The monoisotopic (exact) mass is 322 g/mol. The number of aliphatic hydroxyl groups excluding tert-OH is 1. The molecule has 0 aromatic heterocycles. The van der Waals surface area contributed by atoms with Gasteiger partial charge in [-0.15, -0.1) is 0 Å². The molecule has 3 N–H and O–H groups in total. The van der Waals surface area contributed by atoms with E-state index in [1.54, 1.807) is 18.2 Å². The van der Waals surface area contributed by atoms with Crippen LogP contribution in [0.15, 0.2) is 18.2 Å². The number of para-hydroxylation sites is 1. The number of benzene rings is 1. The van der Waals surface area contributed by atoms with Crippen LogP contribution >= 0.6 is 23.2 Å². The summed E-state index contributed by atoms with van der Waals surface area (Å²) in [4.78, 5) is 0. The Labute approximate surface area is 130 Å². The average molecular weight is 323 g/mol. The van der Waals surface area contributed by atoms with E-state index in [-0.39, 0.29) is 6.61 Å². The Morgan fingerprint density at radius 1 is 1.30 bits per heavy atom. The van der Waals surface area contributed by atoms with Gasteiger partial charge in [0, 0.05) is 13.0 Å². The second-order valence-electron chi connectivity index (χ2n) is 4.38. The zero-order valence-electron chi connectivity index (χ0n) is 11.6. The van der Waals surface area contributed by atoms with E-state index >= 15 is 0 Å². The molecular weight excluding hydrogens is 301 g/mol. The standard InChI is InChI=1S/C14H21Cl2NO3/c1-2-19-8-4-7-17-9-11(18)10-20-14-12(15)5-3-6-13(14)16/h3,5-6,11,17-18H,2,4,7-10H2,1H3/p+1/t11-/m0/s1. The van der Waals surface area contributed by atoms with Crippen LogP contribution in [0.4, 0.5) is 0 Å². The van der Waals surface area contributed by atoms with E-state index in [0.29, 0.717) is 22.3 Å². The molecule has 0 heterocycles. The van der Waals surface area contributed by atoms with Gasteiger partial charge in [0.25, 0.3) is 0 Å². The van der Waals surface area contributed by atoms with Crippen LogP contribution in [0.25, 0.3) is 0 Å². The van der Waals surface area contributed by atoms with Crippen molar-refractivity contribution in [2.45, 2.75) is 19.4 Å². The van der Waals surface area contributed by atoms with Crippen molar-refractivity contribution >= 4 is 23.2 Å². The van der Waals surface area contributed by atoms with E-state index in [2.05, 4.69) is 0 Å². The molecule has 0 aliphatic heterocycles. The minimum absolute atomic E-state index is 0.172. The normalized spacial score (nSPS) is 12.4. The highest BCUT2D eigenvalue weighted by Crippen LogP contribution is 2.32. The molecule has 6 heteroatoms. The number of quaternary nitrogens is 1. The number of aliphatic hydroxyl groups is 1. The van der Waals surface area contributed by atoms with Crippen molar-refractivity contribution in [1.29, 1.82) is 0 Å². The van der Waals surface area contributed by atoms with Gasteiger partial charge in [-0.2, -0.15) is 0 Å².